The number of sulfonamides is 1. The van der Waals surface area contributed by atoms with Crippen LogP contribution in [0, 0.1) is 0 Å². The van der Waals surface area contributed by atoms with Gasteiger partial charge in [-0.2, -0.15) is 5.10 Å². The van der Waals surface area contributed by atoms with Gasteiger partial charge in [0.1, 0.15) is 4.90 Å². The van der Waals surface area contributed by atoms with Gasteiger partial charge in [0.15, 0.2) is 0 Å². The van der Waals surface area contributed by atoms with Crippen LogP contribution >= 0.6 is 0 Å². The molecular weight excluding hydrogens is 264 g/mol. The second-order valence-electron chi connectivity index (χ2n) is 3.94. The van der Waals surface area contributed by atoms with Crippen molar-refractivity contribution in [1.82, 2.24) is 9.78 Å². The van der Waals surface area contributed by atoms with E-state index in [-0.39, 0.29) is 4.90 Å². The van der Waals surface area contributed by atoms with Crippen LogP contribution in [0.25, 0.3) is 0 Å². The van der Waals surface area contributed by atoms with E-state index in [0.717, 1.165) is 0 Å². The predicted molar refractivity (Wildman–Crippen MR) is 74.7 cm³/mol. The molecule has 7 heteroatoms. The maximum Gasteiger partial charge on any atom is 0.264 e. The Morgan fingerprint density at radius 2 is 2.05 bits per heavy atom. The molecule has 0 fully saturated rings. The number of nitrogens with one attached hydrogen (secondary N) is 2. The van der Waals surface area contributed by atoms with Gasteiger partial charge in [0, 0.05) is 19.8 Å². The van der Waals surface area contributed by atoms with E-state index in [1.54, 1.807) is 42.2 Å². The molecule has 0 amide bonds. The van der Waals surface area contributed by atoms with Crippen LogP contribution in [0.1, 0.15) is 6.92 Å². The maximum absolute atomic E-state index is 12.3. The van der Waals surface area contributed by atoms with Crippen LogP contribution in [-0.4, -0.2) is 25.2 Å². The van der Waals surface area contributed by atoms with E-state index in [2.05, 4.69) is 15.1 Å². The fraction of sp³-hybridized carbons (Fsp3) is 0.250. The van der Waals surface area contributed by atoms with Crippen LogP contribution in [-0.2, 0) is 16.6 Å². The first-order chi connectivity index (χ1) is 9.06. The third-order valence-electron chi connectivity index (χ3n) is 2.66. The molecule has 0 saturated heterocycles. The smallest absolute Gasteiger partial charge is 0.264 e. The Kier molecular flexibility index (Phi) is 3.75. The molecule has 0 radical (unpaired) electrons. The van der Waals surface area contributed by atoms with E-state index < -0.39 is 10.0 Å². The van der Waals surface area contributed by atoms with E-state index in [1.165, 1.54) is 6.20 Å². The number of aryl methyl sites for hydroxylation is 1. The Hall–Kier alpha value is -2.02. The van der Waals surface area contributed by atoms with Crippen LogP contribution < -0.4 is 10.0 Å². The molecule has 0 saturated carbocycles. The number of anilines is 2. The molecule has 2 rings (SSSR count). The molecule has 1 heterocycles. The van der Waals surface area contributed by atoms with Crippen LogP contribution in [0.4, 0.5) is 11.4 Å². The number of aromatic nitrogens is 2. The monoisotopic (exact) mass is 280 g/mol. The molecule has 1 aromatic heterocycles. The number of nitrogens with zero attached hydrogens (tertiary/aromatic N) is 2. The van der Waals surface area contributed by atoms with Crippen molar-refractivity contribution in [3.05, 3.63) is 36.7 Å². The van der Waals surface area contributed by atoms with Crippen LogP contribution in [0.2, 0.25) is 0 Å². The second kappa shape index (κ2) is 5.31. The second-order valence-corrected chi connectivity index (χ2v) is 5.59. The molecule has 102 valence electrons. The Bertz CT molecular complexity index is 664. The number of para-hydroxylation sites is 1. The first-order valence-corrected chi connectivity index (χ1v) is 7.37. The molecule has 0 aliphatic heterocycles. The molecular formula is C12H16N4O2S. The van der Waals surface area contributed by atoms with Crippen molar-refractivity contribution < 1.29 is 8.42 Å². The van der Waals surface area contributed by atoms with E-state index in [0.29, 0.717) is 17.9 Å². The van der Waals surface area contributed by atoms with Gasteiger partial charge in [0.2, 0.25) is 0 Å². The van der Waals surface area contributed by atoms with Crippen molar-refractivity contribution in [2.45, 2.75) is 18.4 Å². The molecule has 0 aliphatic carbocycles. The molecule has 0 spiro atoms. The van der Waals surface area contributed by atoms with Gasteiger partial charge in [-0.25, -0.2) is 8.42 Å². The largest absolute Gasteiger partial charge is 0.387 e. The van der Waals surface area contributed by atoms with Crippen molar-refractivity contribution in [2.75, 3.05) is 17.1 Å². The van der Waals surface area contributed by atoms with Crippen LogP contribution in [0.3, 0.4) is 0 Å². The summed E-state index contributed by atoms with van der Waals surface area (Å²) < 4.78 is 28.7. The first-order valence-electron chi connectivity index (χ1n) is 5.89. The maximum atomic E-state index is 12.3. The zero-order valence-electron chi connectivity index (χ0n) is 10.8. The Morgan fingerprint density at radius 3 is 2.68 bits per heavy atom. The van der Waals surface area contributed by atoms with Gasteiger partial charge in [-0.15, -0.1) is 0 Å². The molecule has 2 N–H and O–H groups in total. The average molecular weight is 280 g/mol. The zero-order chi connectivity index (χ0) is 13.9. The summed E-state index contributed by atoms with van der Waals surface area (Å²) in [6, 6.07) is 6.73. The normalized spacial score (nSPS) is 11.3. The number of rotatable bonds is 5. The van der Waals surface area contributed by atoms with Crippen LogP contribution in [0.5, 0.6) is 0 Å². The van der Waals surface area contributed by atoms with Crippen molar-refractivity contribution in [2.24, 2.45) is 0 Å². The van der Waals surface area contributed by atoms with E-state index in [1.807, 2.05) is 6.92 Å². The number of hydrogen-bond donors (Lipinski definition) is 2. The molecule has 2 aromatic rings. The molecule has 0 atom stereocenters. The standard InChI is InChI=1S/C12H16N4O2S/c1-3-16-9-10(8-14-16)15-19(17,18)12-7-5-4-6-11(12)13-2/h4-9,13,15H,3H2,1-2H3. The predicted octanol–water partition coefficient (Wildman–Crippen LogP) is 1.75. The van der Waals surface area contributed by atoms with E-state index in [9.17, 15) is 8.42 Å². The Morgan fingerprint density at radius 1 is 1.32 bits per heavy atom. The summed E-state index contributed by atoms with van der Waals surface area (Å²) in [6.07, 6.45) is 3.14. The molecule has 0 unspecified atom stereocenters. The minimum atomic E-state index is -3.62. The van der Waals surface area contributed by atoms with Gasteiger partial charge < -0.3 is 5.32 Å². The summed E-state index contributed by atoms with van der Waals surface area (Å²) in [5.74, 6) is 0. The Labute approximate surface area is 112 Å². The third-order valence-corrected chi connectivity index (χ3v) is 4.09. The van der Waals surface area contributed by atoms with Crippen molar-refractivity contribution in [3.8, 4) is 0 Å². The average Bonchev–Trinajstić information content (AvgIpc) is 2.85. The fourth-order valence-corrected chi connectivity index (χ4v) is 2.95. The summed E-state index contributed by atoms with van der Waals surface area (Å²) in [6.45, 7) is 2.62. The summed E-state index contributed by atoms with van der Waals surface area (Å²) in [7, 11) is -1.93. The summed E-state index contributed by atoms with van der Waals surface area (Å²) in [5, 5.41) is 6.89. The van der Waals surface area contributed by atoms with Gasteiger partial charge >= 0.3 is 0 Å². The van der Waals surface area contributed by atoms with Crippen molar-refractivity contribution in [1.29, 1.82) is 0 Å². The van der Waals surface area contributed by atoms with E-state index >= 15 is 0 Å². The molecule has 0 aliphatic rings. The SMILES string of the molecule is CCn1cc(NS(=O)(=O)c2ccccc2NC)cn1. The van der Waals surface area contributed by atoms with Gasteiger partial charge in [-0.1, -0.05) is 12.1 Å². The number of hydrogen-bond acceptors (Lipinski definition) is 4. The third kappa shape index (κ3) is 2.87. The van der Waals surface area contributed by atoms with Gasteiger partial charge in [-0.05, 0) is 19.1 Å². The lowest BCUT2D eigenvalue weighted by atomic mass is 10.3. The quantitative estimate of drug-likeness (QED) is 0.874. The minimum Gasteiger partial charge on any atom is -0.387 e. The van der Waals surface area contributed by atoms with E-state index in [4.69, 9.17) is 0 Å². The van der Waals surface area contributed by atoms with Crippen molar-refractivity contribution >= 4 is 21.4 Å². The highest BCUT2D eigenvalue weighted by Crippen LogP contribution is 2.22. The lowest BCUT2D eigenvalue weighted by Crippen LogP contribution is -2.14. The highest BCUT2D eigenvalue weighted by molar-refractivity contribution is 7.92. The lowest BCUT2D eigenvalue weighted by molar-refractivity contribution is 0.601. The van der Waals surface area contributed by atoms with Crippen molar-refractivity contribution in [3.63, 3.8) is 0 Å². The summed E-state index contributed by atoms with van der Waals surface area (Å²) in [4.78, 5) is 0.210. The fourth-order valence-electron chi connectivity index (χ4n) is 1.71. The highest BCUT2D eigenvalue weighted by atomic mass is 32.2. The summed E-state index contributed by atoms with van der Waals surface area (Å²) in [5.41, 5.74) is 1.01. The van der Waals surface area contributed by atoms with Crippen LogP contribution in [0.15, 0.2) is 41.6 Å². The molecule has 1 aromatic carbocycles. The number of benzene rings is 1. The highest BCUT2D eigenvalue weighted by Gasteiger charge is 2.18. The molecule has 19 heavy (non-hydrogen) atoms. The molecule has 0 bridgehead atoms. The summed E-state index contributed by atoms with van der Waals surface area (Å²) >= 11 is 0. The van der Waals surface area contributed by atoms with Gasteiger partial charge in [0.05, 0.1) is 17.6 Å². The van der Waals surface area contributed by atoms with Gasteiger partial charge in [0.25, 0.3) is 10.0 Å². The Balaban J connectivity index is 2.32. The van der Waals surface area contributed by atoms with Gasteiger partial charge in [-0.3, -0.25) is 9.40 Å². The zero-order valence-corrected chi connectivity index (χ0v) is 11.6. The first kappa shape index (κ1) is 13.4. The lowest BCUT2D eigenvalue weighted by Gasteiger charge is -2.10. The topological polar surface area (TPSA) is 76.0 Å². The molecule has 6 nitrogen and oxygen atoms in total. The minimum absolute atomic E-state index is 0.210.